The van der Waals surface area contributed by atoms with Gasteiger partial charge < -0.3 is 5.11 Å². The molecular formula is C11H17FO. The molecule has 2 unspecified atom stereocenters. The second kappa shape index (κ2) is 5.18. The first-order chi connectivity index (χ1) is 6.22. The number of allylic oxidation sites excluding steroid dienone is 4. The number of rotatable bonds is 4. The molecule has 0 aromatic rings. The number of halogens is 1. The van der Waals surface area contributed by atoms with Gasteiger partial charge in [0.1, 0.15) is 5.83 Å². The van der Waals surface area contributed by atoms with Crippen LogP contribution in [0.2, 0.25) is 0 Å². The molecule has 0 spiro atoms. The van der Waals surface area contributed by atoms with Crippen LogP contribution >= 0.6 is 0 Å². The molecule has 74 valence electrons. The average molecular weight is 184 g/mol. The van der Waals surface area contributed by atoms with E-state index in [0.29, 0.717) is 5.92 Å². The molecule has 13 heavy (non-hydrogen) atoms. The SMILES string of the molecule is CCCC(O)CC1C=CC(F)=CC1. The first kappa shape index (κ1) is 10.5. The van der Waals surface area contributed by atoms with Crippen LogP contribution in [0.3, 0.4) is 0 Å². The fourth-order valence-electron chi connectivity index (χ4n) is 1.61. The molecule has 0 fully saturated rings. The van der Waals surface area contributed by atoms with Crippen molar-refractivity contribution in [1.82, 2.24) is 0 Å². The van der Waals surface area contributed by atoms with E-state index in [-0.39, 0.29) is 11.9 Å². The molecule has 0 heterocycles. The van der Waals surface area contributed by atoms with Crippen molar-refractivity contribution in [3.05, 3.63) is 24.1 Å². The van der Waals surface area contributed by atoms with Crippen LogP contribution in [0.5, 0.6) is 0 Å². The van der Waals surface area contributed by atoms with Crippen LogP contribution in [0.1, 0.15) is 32.6 Å². The molecule has 0 bridgehead atoms. The quantitative estimate of drug-likeness (QED) is 0.712. The fraction of sp³-hybridized carbons (Fsp3) is 0.636. The summed E-state index contributed by atoms with van der Waals surface area (Å²) in [6.07, 6.45) is 8.04. The summed E-state index contributed by atoms with van der Waals surface area (Å²) in [7, 11) is 0. The van der Waals surface area contributed by atoms with E-state index in [9.17, 15) is 9.50 Å². The number of aliphatic hydroxyl groups excluding tert-OH is 1. The Morgan fingerprint density at radius 3 is 3.00 bits per heavy atom. The van der Waals surface area contributed by atoms with Gasteiger partial charge in [-0.1, -0.05) is 19.4 Å². The minimum atomic E-state index is -0.228. The summed E-state index contributed by atoms with van der Waals surface area (Å²) in [6, 6.07) is 0. The van der Waals surface area contributed by atoms with E-state index in [2.05, 4.69) is 6.92 Å². The summed E-state index contributed by atoms with van der Waals surface area (Å²) in [4.78, 5) is 0. The van der Waals surface area contributed by atoms with Gasteiger partial charge in [-0.2, -0.15) is 0 Å². The van der Waals surface area contributed by atoms with Gasteiger partial charge in [0.2, 0.25) is 0 Å². The van der Waals surface area contributed by atoms with Crippen LogP contribution in [0, 0.1) is 5.92 Å². The highest BCUT2D eigenvalue weighted by molar-refractivity contribution is 5.17. The second-order valence-electron chi connectivity index (χ2n) is 3.62. The van der Waals surface area contributed by atoms with Gasteiger partial charge >= 0.3 is 0 Å². The molecule has 0 aromatic heterocycles. The predicted molar refractivity (Wildman–Crippen MR) is 52.0 cm³/mol. The molecule has 1 N–H and O–H groups in total. The van der Waals surface area contributed by atoms with Crippen LogP contribution in [-0.2, 0) is 0 Å². The summed E-state index contributed by atoms with van der Waals surface area (Å²) in [5, 5.41) is 9.52. The predicted octanol–water partition coefficient (Wildman–Crippen LogP) is 2.97. The van der Waals surface area contributed by atoms with E-state index in [0.717, 1.165) is 25.7 Å². The smallest absolute Gasteiger partial charge is 0.118 e. The zero-order valence-electron chi connectivity index (χ0n) is 8.04. The Kier molecular flexibility index (Phi) is 4.16. The van der Waals surface area contributed by atoms with Gasteiger partial charge in [-0.15, -0.1) is 0 Å². The molecular weight excluding hydrogens is 167 g/mol. The number of hydrogen-bond acceptors (Lipinski definition) is 1. The van der Waals surface area contributed by atoms with Crippen molar-refractivity contribution in [2.45, 2.75) is 38.7 Å². The van der Waals surface area contributed by atoms with Crippen molar-refractivity contribution >= 4 is 0 Å². The number of aliphatic hydroxyl groups is 1. The zero-order chi connectivity index (χ0) is 9.68. The monoisotopic (exact) mass is 184 g/mol. The van der Waals surface area contributed by atoms with Gasteiger partial charge in [0, 0.05) is 0 Å². The third kappa shape index (κ3) is 3.73. The van der Waals surface area contributed by atoms with Gasteiger partial charge in [0.25, 0.3) is 0 Å². The van der Waals surface area contributed by atoms with E-state index in [1.165, 1.54) is 6.08 Å². The Morgan fingerprint density at radius 1 is 1.69 bits per heavy atom. The Morgan fingerprint density at radius 2 is 2.46 bits per heavy atom. The molecule has 0 radical (unpaired) electrons. The maximum atomic E-state index is 12.6. The van der Waals surface area contributed by atoms with E-state index >= 15 is 0 Å². The summed E-state index contributed by atoms with van der Waals surface area (Å²) < 4.78 is 12.6. The van der Waals surface area contributed by atoms with Gasteiger partial charge in [-0.3, -0.25) is 0 Å². The van der Waals surface area contributed by atoms with Crippen molar-refractivity contribution in [2.24, 2.45) is 5.92 Å². The first-order valence-corrected chi connectivity index (χ1v) is 4.94. The van der Waals surface area contributed by atoms with E-state index < -0.39 is 0 Å². The Balaban J connectivity index is 2.28. The molecule has 1 aliphatic rings. The largest absolute Gasteiger partial charge is 0.393 e. The van der Waals surface area contributed by atoms with Crippen LogP contribution in [0.25, 0.3) is 0 Å². The first-order valence-electron chi connectivity index (χ1n) is 4.94. The Labute approximate surface area is 79.0 Å². The fourth-order valence-corrected chi connectivity index (χ4v) is 1.61. The minimum Gasteiger partial charge on any atom is -0.393 e. The second-order valence-corrected chi connectivity index (χ2v) is 3.62. The highest BCUT2D eigenvalue weighted by atomic mass is 19.1. The third-order valence-corrected chi connectivity index (χ3v) is 2.34. The van der Waals surface area contributed by atoms with Gasteiger partial charge in [-0.25, -0.2) is 4.39 Å². The van der Waals surface area contributed by atoms with Crippen molar-refractivity contribution < 1.29 is 9.50 Å². The molecule has 0 aliphatic heterocycles. The van der Waals surface area contributed by atoms with Crippen molar-refractivity contribution in [1.29, 1.82) is 0 Å². The standard InChI is InChI=1S/C11H17FO/c1-2-3-11(13)8-9-4-6-10(12)7-5-9/h4,6-7,9,11,13H,2-3,5,8H2,1H3. The van der Waals surface area contributed by atoms with Crippen LogP contribution in [0.4, 0.5) is 4.39 Å². The lowest BCUT2D eigenvalue weighted by Gasteiger charge is -2.17. The molecule has 0 amide bonds. The summed E-state index contributed by atoms with van der Waals surface area (Å²) in [5.74, 6) is 0.169. The van der Waals surface area contributed by atoms with Crippen LogP contribution < -0.4 is 0 Å². The van der Waals surface area contributed by atoms with Gasteiger partial charge in [-0.05, 0) is 37.3 Å². The van der Waals surface area contributed by atoms with E-state index in [1.807, 2.05) is 6.08 Å². The highest BCUT2D eigenvalue weighted by Gasteiger charge is 2.13. The van der Waals surface area contributed by atoms with Gasteiger partial charge in [0.05, 0.1) is 6.10 Å². The molecule has 0 aromatic carbocycles. The van der Waals surface area contributed by atoms with Crippen molar-refractivity contribution in [3.63, 3.8) is 0 Å². The highest BCUT2D eigenvalue weighted by Crippen LogP contribution is 2.22. The van der Waals surface area contributed by atoms with Crippen LogP contribution in [-0.4, -0.2) is 11.2 Å². The lowest BCUT2D eigenvalue weighted by molar-refractivity contribution is 0.140. The maximum absolute atomic E-state index is 12.6. The summed E-state index contributed by atoms with van der Waals surface area (Å²) in [6.45, 7) is 2.06. The zero-order valence-corrected chi connectivity index (χ0v) is 8.04. The van der Waals surface area contributed by atoms with Crippen LogP contribution in [0.15, 0.2) is 24.1 Å². The molecule has 1 aliphatic carbocycles. The third-order valence-electron chi connectivity index (χ3n) is 2.34. The van der Waals surface area contributed by atoms with Crippen molar-refractivity contribution in [2.75, 3.05) is 0 Å². The molecule has 1 rings (SSSR count). The van der Waals surface area contributed by atoms with Gasteiger partial charge in [0.15, 0.2) is 0 Å². The Bertz CT molecular complexity index is 208. The molecule has 2 heteroatoms. The topological polar surface area (TPSA) is 20.2 Å². The maximum Gasteiger partial charge on any atom is 0.118 e. The minimum absolute atomic E-state index is 0.152. The summed E-state index contributed by atoms with van der Waals surface area (Å²) in [5.41, 5.74) is 0. The molecule has 0 saturated heterocycles. The Hall–Kier alpha value is -0.630. The molecule has 1 nitrogen and oxygen atoms in total. The van der Waals surface area contributed by atoms with Crippen molar-refractivity contribution in [3.8, 4) is 0 Å². The molecule has 0 saturated carbocycles. The summed E-state index contributed by atoms with van der Waals surface area (Å²) >= 11 is 0. The average Bonchev–Trinajstić information content (AvgIpc) is 2.09. The molecule has 2 atom stereocenters. The van der Waals surface area contributed by atoms with E-state index in [1.54, 1.807) is 6.08 Å². The number of hydrogen-bond donors (Lipinski definition) is 1. The normalized spacial score (nSPS) is 24.2. The van der Waals surface area contributed by atoms with E-state index in [4.69, 9.17) is 0 Å². The lowest BCUT2D eigenvalue weighted by Crippen LogP contribution is -2.12. The lowest BCUT2D eigenvalue weighted by atomic mass is 9.93.